The van der Waals surface area contributed by atoms with E-state index in [2.05, 4.69) is 22.8 Å². The molecule has 0 aromatic heterocycles. The fourth-order valence-electron chi connectivity index (χ4n) is 2.29. The second kappa shape index (κ2) is 9.59. The van der Waals surface area contributed by atoms with Crippen LogP contribution in [0.1, 0.15) is 25.8 Å². The van der Waals surface area contributed by atoms with Crippen molar-refractivity contribution < 1.29 is 9.13 Å². The Hall–Kier alpha value is -1.85. The number of hydrogen-bond acceptors (Lipinski definition) is 2. The molecular formula is C19H22ClFN2OS. The highest BCUT2D eigenvalue weighted by molar-refractivity contribution is 7.80. The van der Waals surface area contributed by atoms with Crippen LogP contribution in [0.2, 0.25) is 5.02 Å². The van der Waals surface area contributed by atoms with E-state index in [0.29, 0.717) is 10.8 Å². The van der Waals surface area contributed by atoms with Crippen LogP contribution in [0.5, 0.6) is 5.75 Å². The Morgan fingerprint density at radius 1 is 1.24 bits per heavy atom. The standard InChI is InChI=1S/C19H22ClFN2OS/c1-13(2)24-16-7-3-5-14(11-16)6-4-10-22-19(25)23-15-8-9-18(21)17(20)12-15/h3,5,7-9,11-13H,4,6,10H2,1-2H3,(H2,22,23,25). The Labute approximate surface area is 158 Å². The van der Waals surface area contributed by atoms with E-state index in [-0.39, 0.29) is 11.1 Å². The van der Waals surface area contributed by atoms with E-state index in [1.165, 1.54) is 17.7 Å². The smallest absolute Gasteiger partial charge is 0.170 e. The molecule has 2 aromatic carbocycles. The zero-order valence-corrected chi connectivity index (χ0v) is 15.9. The highest BCUT2D eigenvalue weighted by Gasteiger charge is 2.03. The Morgan fingerprint density at radius 2 is 2.04 bits per heavy atom. The van der Waals surface area contributed by atoms with Gasteiger partial charge in [-0.2, -0.15) is 0 Å². The van der Waals surface area contributed by atoms with Crippen LogP contribution in [0.15, 0.2) is 42.5 Å². The van der Waals surface area contributed by atoms with E-state index in [1.807, 2.05) is 26.0 Å². The summed E-state index contributed by atoms with van der Waals surface area (Å²) in [5.74, 6) is 0.445. The Morgan fingerprint density at radius 3 is 2.76 bits per heavy atom. The maximum atomic E-state index is 13.1. The van der Waals surface area contributed by atoms with Crippen molar-refractivity contribution in [3.63, 3.8) is 0 Å². The van der Waals surface area contributed by atoms with Crippen molar-refractivity contribution in [1.82, 2.24) is 5.32 Å². The highest BCUT2D eigenvalue weighted by Crippen LogP contribution is 2.19. The van der Waals surface area contributed by atoms with Crippen molar-refractivity contribution in [2.24, 2.45) is 0 Å². The van der Waals surface area contributed by atoms with E-state index in [0.717, 1.165) is 25.1 Å². The van der Waals surface area contributed by atoms with Crippen molar-refractivity contribution in [2.75, 3.05) is 11.9 Å². The van der Waals surface area contributed by atoms with E-state index in [4.69, 9.17) is 28.6 Å². The van der Waals surface area contributed by atoms with Crippen molar-refractivity contribution in [1.29, 1.82) is 0 Å². The van der Waals surface area contributed by atoms with E-state index < -0.39 is 5.82 Å². The van der Waals surface area contributed by atoms with Gasteiger partial charge < -0.3 is 15.4 Å². The maximum Gasteiger partial charge on any atom is 0.170 e. The minimum absolute atomic E-state index is 0.0660. The Kier molecular flexibility index (Phi) is 7.47. The van der Waals surface area contributed by atoms with Gasteiger partial charge in [-0.15, -0.1) is 0 Å². The normalized spacial score (nSPS) is 10.6. The summed E-state index contributed by atoms with van der Waals surface area (Å²) in [6.07, 6.45) is 2.02. The fraction of sp³-hybridized carbons (Fsp3) is 0.316. The number of benzene rings is 2. The first-order valence-corrected chi connectivity index (χ1v) is 8.98. The van der Waals surface area contributed by atoms with Gasteiger partial charge in [0, 0.05) is 12.2 Å². The van der Waals surface area contributed by atoms with Gasteiger partial charge in [-0.25, -0.2) is 4.39 Å². The van der Waals surface area contributed by atoms with E-state index >= 15 is 0 Å². The van der Waals surface area contributed by atoms with Gasteiger partial charge in [0.05, 0.1) is 11.1 Å². The van der Waals surface area contributed by atoms with Crippen molar-refractivity contribution in [3.05, 3.63) is 58.9 Å². The minimum Gasteiger partial charge on any atom is -0.491 e. The molecule has 25 heavy (non-hydrogen) atoms. The summed E-state index contributed by atoms with van der Waals surface area (Å²) in [6, 6.07) is 12.5. The third-order valence-corrected chi connectivity index (χ3v) is 3.91. The number of anilines is 1. The SMILES string of the molecule is CC(C)Oc1cccc(CCCNC(=S)Nc2ccc(F)c(Cl)c2)c1. The molecule has 0 saturated heterocycles. The quantitative estimate of drug-likeness (QED) is 0.512. The average Bonchev–Trinajstić information content (AvgIpc) is 2.55. The van der Waals surface area contributed by atoms with Crippen LogP contribution in [0, 0.1) is 5.82 Å². The van der Waals surface area contributed by atoms with Gasteiger partial charge in [-0.3, -0.25) is 0 Å². The van der Waals surface area contributed by atoms with Crippen molar-refractivity contribution >= 4 is 34.6 Å². The average molecular weight is 381 g/mol. The largest absolute Gasteiger partial charge is 0.491 e. The molecule has 0 atom stereocenters. The number of nitrogens with one attached hydrogen (secondary N) is 2. The summed E-state index contributed by atoms with van der Waals surface area (Å²) in [6.45, 7) is 4.76. The molecule has 0 unspecified atom stereocenters. The molecule has 0 aliphatic heterocycles. The summed E-state index contributed by atoms with van der Waals surface area (Å²) in [5.41, 5.74) is 1.88. The van der Waals surface area contributed by atoms with Crippen LogP contribution in [0.25, 0.3) is 0 Å². The van der Waals surface area contributed by atoms with Crippen molar-refractivity contribution in [3.8, 4) is 5.75 Å². The number of thiocarbonyl (C=S) groups is 1. The molecule has 3 nitrogen and oxygen atoms in total. The van der Waals surface area contributed by atoms with Crippen molar-refractivity contribution in [2.45, 2.75) is 32.8 Å². The zero-order chi connectivity index (χ0) is 18.2. The van der Waals surface area contributed by atoms with Gasteiger partial charge in [-0.05, 0) is 74.8 Å². The molecule has 2 rings (SSSR count). The molecule has 0 aliphatic rings. The molecule has 2 N–H and O–H groups in total. The third kappa shape index (κ3) is 6.88. The molecule has 6 heteroatoms. The van der Waals surface area contributed by atoms with Crippen LogP contribution in [-0.2, 0) is 6.42 Å². The van der Waals surface area contributed by atoms with Crippen LogP contribution >= 0.6 is 23.8 Å². The topological polar surface area (TPSA) is 33.3 Å². The van der Waals surface area contributed by atoms with E-state index in [9.17, 15) is 4.39 Å². The molecule has 0 amide bonds. The summed E-state index contributed by atoms with van der Waals surface area (Å²) in [4.78, 5) is 0. The van der Waals surface area contributed by atoms with Gasteiger partial charge in [0.25, 0.3) is 0 Å². The molecule has 134 valence electrons. The first-order valence-electron chi connectivity index (χ1n) is 8.19. The summed E-state index contributed by atoms with van der Waals surface area (Å²) >= 11 is 11.0. The molecule has 0 aliphatic carbocycles. The third-order valence-electron chi connectivity index (χ3n) is 3.38. The molecule has 0 bridgehead atoms. The molecule has 0 saturated carbocycles. The lowest BCUT2D eigenvalue weighted by molar-refractivity contribution is 0.242. The van der Waals surface area contributed by atoms with Gasteiger partial charge >= 0.3 is 0 Å². The van der Waals surface area contributed by atoms with Crippen LogP contribution < -0.4 is 15.4 Å². The molecule has 2 aromatic rings. The van der Waals surface area contributed by atoms with Gasteiger partial charge in [0.2, 0.25) is 0 Å². The predicted octanol–water partition coefficient (Wildman–Crippen LogP) is 5.19. The molecular weight excluding hydrogens is 359 g/mol. The maximum absolute atomic E-state index is 13.1. The molecule has 0 heterocycles. The van der Waals surface area contributed by atoms with Gasteiger partial charge in [0.15, 0.2) is 5.11 Å². The number of hydrogen-bond donors (Lipinski definition) is 2. The summed E-state index contributed by atoms with van der Waals surface area (Å²) in [7, 11) is 0. The second-order valence-corrected chi connectivity index (χ2v) is 6.74. The van der Waals surface area contributed by atoms with E-state index in [1.54, 1.807) is 6.07 Å². The Balaban J connectivity index is 1.73. The molecule has 0 fully saturated rings. The van der Waals surface area contributed by atoms with Crippen LogP contribution in [0.4, 0.5) is 10.1 Å². The summed E-state index contributed by atoms with van der Waals surface area (Å²) in [5, 5.41) is 6.67. The molecule has 0 radical (unpaired) electrons. The lowest BCUT2D eigenvalue weighted by Gasteiger charge is -2.12. The number of aryl methyl sites for hydroxylation is 1. The summed E-state index contributed by atoms with van der Waals surface area (Å²) < 4.78 is 18.8. The van der Waals surface area contributed by atoms with Crippen LogP contribution in [-0.4, -0.2) is 17.8 Å². The lowest BCUT2D eigenvalue weighted by Crippen LogP contribution is -2.29. The first kappa shape index (κ1) is 19.5. The monoisotopic (exact) mass is 380 g/mol. The second-order valence-electron chi connectivity index (χ2n) is 5.93. The van der Waals surface area contributed by atoms with Gasteiger partial charge in [0.1, 0.15) is 11.6 Å². The minimum atomic E-state index is -0.449. The lowest BCUT2D eigenvalue weighted by atomic mass is 10.1. The van der Waals surface area contributed by atoms with Gasteiger partial charge in [-0.1, -0.05) is 23.7 Å². The number of ether oxygens (including phenoxy) is 1. The number of halogens is 2. The first-order chi connectivity index (χ1) is 11.9. The number of rotatable bonds is 7. The Bertz CT molecular complexity index is 724. The highest BCUT2D eigenvalue weighted by atomic mass is 35.5. The molecule has 0 spiro atoms. The predicted molar refractivity (Wildman–Crippen MR) is 106 cm³/mol. The zero-order valence-electron chi connectivity index (χ0n) is 14.3. The van der Waals surface area contributed by atoms with Crippen LogP contribution in [0.3, 0.4) is 0 Å². The fourth-order valence-corrected chi connectivity index (χ4v) is 2.69.